The van der Waals surface area contributed by atoms with Crippen molar-refractivity contribution in [3.63, 3.8) is 0 Å². The highest BCUT2D eigenvalue weighted by Crippen LogP contribution is 2.38. The lowest BCUT2D eigenvalue weighted by atomic mass is 9.77. The van der Waals surface area contributed by atoms with Crippen LogP contribution in [0.15, 0.2) is 36.4 Å². The fourth-order valence-corrected chi connectivity index (χ4v) is 5.29. The zero-order chi connectivity index (χ0) is 27.3. The molecule has 1 aliphatic rings. The Kier molecular flexibility index (Phi) is 12.5. The molecule has 0 radical (unpaired) electrons. The minimum absolute atomic E-state index is 0.274. The first-order valence-corrected chi connectivity index (χ1v) is 14.5. The predicted octanol–water partition coefficient (Wildman–Crippen LogP) is 9.73. The highest BCUT2D eigenvalue weighted by molar-refractivity contribution is 5.91. The van der Waals surface area contributed by atoms with Crippen molar-refractivity contribution in [2.24, 2.45) is 5.92 Å². The summed E-state index contributed by atoms with van der Waals surface area (Å²) in [6, 6.07) is 9.56. The number of hydrogen-bond donors (Lipinski definition) is 0. The molecule has 1 atom stereocenters. The van der Waals surface area contributed by atoms with Crippen LogP contribution in [-0.2, 0) is 0 Å². The van der Waals surface area contributed by atoms with Gasteiger partial charge >= 0.3 is 5.97 Å². The van der Waals surface area contributed by atoms with E-state index in [0.29, 0.717) is 12.3 Å². The summed E-state index contributed by atoms with van der Waals surface area (Å²) in [4.78, 5) is 12.5. The standard InChI is InChI=1S/C32H43F3O3/c1-3-5-7-9-11-26(33)22-37-29-21-20-28(30(34)31(29)35)32(36)38-27-18-16-25(17-19-27)24-14-12-23(13-15-24)10-8-6-4-2/h16-21,23-24,26H,3-15,22H2,1-2H3/t23-,24-,26-/m0/s1. The second kappa shape index (κ2) is 15.8. The molecular formula is C32H43F3O3. The molecule has 0 spiro atoms. The molecule has 6 heteroatoms. The van der Waals surface area contributed by atoms with E-state index in [4.69, 9.17) is 9.47 Å². The molecule has 0 aromatic heterocycles. The van der Waals surface area contributed by atoms with Crippen LogP contribution < -0.4 is 9.47 Å². The monoisotopic (exact) mass is 532 g/mol. The van der Waals surface area contributed by atoms with E-state index >= 15 is 0 Å². The minimum Gasteiger partial charge on any atom is -0.487 e. The lowest BCUT2D eigenvalue weighted by Crippen LogP contribution is -2.16. The third-order valence-electron chi connectivity index (χ3n) is 7.68. The van der Waals surface area contributed by atoms with E-state index in [1.165, 1.54) is 44.1 Å². The van der Waals surface area contributed by atoms with Crippen LogP contribution in [0.3, 0.4) is 0 Å². The molecule has 0 heterocycles. The fraction of sp³-hybridized carbons (Fsp3) is 0.594. The van der Waals surface area contributed by atoms with Crippen molar-refractivity contribution in [2.75, 3.05) is 6.61 Å². The first kappa shape index (κ1) is 30.0. The number of benzene rings is 2. The first-order chi connectivity index (χ1) is 18.4. The van der Waals surface area contributed by atoms with E-state index in [9.17, 15) is 18.0 Å². The number of rotatable bonds is 15. The highest BCUT2D eigenvalue weighted by atomic mass is 19.2. The molecule has 0 N–H and O–H groups in total. The van der Waals surface area contributed by atoms with Crippen LogP contribution >= 0.6 is 0 Å². The van der Waals surface area contributed by atoms with Crippen molar-refractivity contribution in [1.82, 2.24) is 0 Å². The van der Waals surface area contributed by atoms with Crippen LogP contribution in [0, 0.1) is 17.6 Å². The number of carbonyl (C=O) groups is 1. The third kappa shape index (κ3) is 9.06. The van der Waals surface area contributed by atoms with Crippen LogP contribution in [0.1, 0.15) is 119 Å². The summed E-state index contributed by atoms with van der Waals surface area (Å²) in [7, 11) is 0. The number of hydrogen-bond acceptors (Lipinski definition) is 3. The van der Waals surface area contributed by atoms with Crippen molar-refractivity contribution < 1.29 is 27.4 Å². The molecule has 2 aromatic rings. The van der Waals surface area contributed by atoms with Gasteiger partial charge in [0, 0.05) is 0 Å². The summed E-state index contributed by atoms with van der Waals surface area (Å²) in [5, 5.41) is 0. The Morgan fingerprint density at radius 2 is 1.55 bits per heavy atom. The zero-order valence-corrected chi connectivity index (χ0v) is 23.0. The number of esters is 1. The molecule has 1 saturated carbocycles. The molecule has 0 unspecified atom stereocenters. The second-order valence-corrected chi connectivity index (χ2v) is 10.7. The topological polar surface area (TPSA) is 35.5 Å². The first-order valence-electron chi connectivity index (χ1n) is 14.5. The van der Waals surface area contributed by atoms with Gasteiger partial charge in [-0.3, -0.25) is 0 Å². The number of carbonyl (C=O) groups excluding carboxylic acids is 1. The van der Waals surface area contributed by atoms with Crippen molar-refractivity contribution in [1.29, 1.82) is 0 Å². The van der Waals surface area contributed by atoms with Crippen molar-refractivity contribution in [3.8, 4) is 11.5 Å². The number of unbranched alkanes of at least 4 members (excludes halogenated alkanes) is 5. The van der Waals surface area contributed by atoms with E-state index < -0.39 is 35.1 Å². The molecule has 0 aliphatic heterocycles. The zero-order valence-electron chi connectivity index (χ0n) is 23.0. The molecular weight excluding hydrogens is 489 g/mol. The summed E-state index contributed by atoms with van der Waals surface area (Å²) in [5.74, 6) is -2.49. The lowest BCUT2D eigenvalue weighted by molar-refractivity contribution is 0.0728. The van der Waals surface area contributed by atoms with E-state index in [2.05, 4.69) is 13.8 Å². The normalized spacial score (nSPS) is 18.2. The van der Waals surface area contributed by atoms with Gasteiger partial charge in [-0.15, -0.1) is 0 Å². The SMILES string of the molecule is CCCCCC[C@H](F)COc1ccc(C(=O)Oc2ccc([C@H]3CC[C@H](CCCCC)CC3)cc2)c(F)c1F. The average molecular weight is 533 g/mol. The van der Waals surface area contributed by atoms with E-state index in [1.54, 1.807) is 12.1 Å². The van der Waals surface area contributed by atoms with Gasteiger partial charge in [0.1, 0.15) is 18.5 Å². The number of halogens is 3. The smallest absolute Gasteiger partial charge is 0.346 e. The molecule has 0 bridgehead atoms. The Balaban J connectivity index is 1.50. The minimum atomic E-state index is -1.36. The van der Waals surface area contributed by atoms with Gasteiger partial charge in [0.2, 0.25) is 5.82 Å². The van der Waals surface area contributed by atoms with Crippen LogP contribution in [0.25, 0.3) is 0 Å². The molecule has 1 aliphatic carbocycles. The van der Waals surface area contributed by atoms with E-state index in [0.717, 1.165) is 56.6 Å². The Bertz CT molecular complexity index is 984. The van der Waals surface area contributed by atoms with Gasteiger partial charge in [0.25, 0.3) is 0 Å². The molecule has 2 aromatic carbocycles. The van der Waals surface area contributed by atoms with Crippen LogP contribution in [0.5, 0.6) is 11.5 Å². The summed E-state index contributed by atoms with van der Waals surface area (Å²) in [6.07, 6.45) is 12.8. The fourth-order valence-electron chi connectivity index (χ4n) is 5.29. The van der Waals surface area contributed by atoms with E-state index in [-0.39, 0.29) is 12.4 Å². The second-order valence-electron chi connectivity index (χ2n) is 10.7. The van der Waals surface area contributed by atoms with Gasteiger partial charge < -0.3 is 9.47 Å². The lowest BCUT2D eigenvalue weighted by Gasteiger charge is -2.29. The Hall–Kier alpha value is -2.50. The van der Waals surface area contributed by atoms with Gasteiger partial charge in [-0.25, -0.2) is 13.6 Å². The third-order valence-corrected chi connectivity index (χ3v) is 7.68. The van der Waals surface area contributed by atoms with Crippen molar-refractivity contribution >= 4 is 5.97 Å². The molecule has 210 valence electrons. The van der Waals surface area contributed by atoms with Crippen LogP contribution in [0.2, 0.25) is 0 Å². The van der Waals surface area contributed by atoms with Gasteiger partial charge in [0.05, 0.1) is 5.56 Å². The maximum Gasteiger partial charge on any atom is 0.346 e. The van der Waals surface area contributed by atoms with Gasteiger partial charge in [-0.05, 0) is 73.8 Å². The van der Waals surface area contributed by atoms with Crippen molar-refractivity contribution in [3.05, 3.63) is 59.2 Å². The van der Waals surface area contributed by atoms with Crippen LogP contribution in [-0.4, -0.2) is 18.7 Å². The Morgan fingerprint density at radius 1 is 0.868 bits per heavy atom. The average Bonchev–Trinajstić information content (AvgIpc) is 2.93. The van der Waals surface area contributed by atoms with Gasteiger partial charge in [0.15, 0.2) is 11.6 Å². The maximum atomic E-state index is 14.6. The molecule has 3 nitrogen and oxygen atoms in total. The van der Waals surface area contributed by atoms with Crippen molar-refractivity contribution in [2.45, 2.75) is 109 Å². The summed E-state index contributed by atoms with van der Waals surface area (Å²) in [6.45, 7) is 3.95. The molecule has 0 amide bonds. The van der Waals surface area contributed by atoms with E-state index in [1.807, 2.05) is 12.1 Å². The number of ether oxygens (including phenoxy) is 2. The quantitative estimate of drug-likeness (QED) is 0.130. The number of alkyl halides is 1. The highest BCUT2D eigenvalue weighted by Gasteiger charge is 2.24. The molecule has 38 heavy (non-hydrogen) atoms. The molecule has 0 saturated heterocycles. The van der Waals surface area contributed by atoms with Gasteiger partial charge in [-0.1, -0.05) is 77.3 Å². The largest absolute Gasteiger partial charge is 0.487 e. The molecule has 3 rings (SSSR count). The van der Waals surface area contributed by atoms with Gasteiger partial charge in [-0.2, -0.15) is 4.39 Å². The Labute approximate surface area is 226 Å². The Morgan fingerprint density at radius 3 is 2.24 bits per heavy atom. The molecule has 1 fully saturated rings. The maximum absolute atomic E-state index is 14.6. The summed E-state index contributed by atoms with van der Waals surface area (Å²) >= 11 is 0. The predicted molar refractivity (Wildman–Crippen MR) is 146 cm³/mol. The van der Waals surface area contributed by atoms with Crippen LogP contribution in [0.4, 0.5) is 13.2 Å². The summed E-state index contributed by atoms with van der Waals surface area (Å²) < 4.78 is 53.6. The summed E-state index contributed by atoms with van der Waals surface area (Å²) in [5.41, 5.74) is 0.684.